The fraction of sp³-hybridized carbons (Fsp3) is 0.333. The Bertz CT molecular complexity index is 478. The van der Waals surface area contributed by atoms with Crippen LogP contribution in [0.4, 0.5) is 5.13 Å². The number of ether oxygens (including phenoxy) is 1. The molecule has 0 radical (unpaired) electrons. The number of amides is 2. The second kappa shape index (κ2) is 7.67. The summed E-state index contributed by atoms with van der Waals surface area (Å²) in [4.78, 5) is 41.6. The second-order valence-corrected chi connectivity index (χ2v) is 4.05. The summed E-state index contributed by atoms with van der Waals surface area (Å²) in [5.74, 6) is -2.99. The highest BCUT2D eigenvalue weighted by Crippen LogP contribution is 2.21. The maximum Gasteiger partial charge on any atom is 0.405 e. The standard InChI is InChI=1S/C9H10ClN3O5S/c1-2-17-13-7(15)8(16)18-6-4-19-9(12-6)11-5(14)3-10/h4H,2-3H2,1H3,(H,13,15)(H,11,12,14). The van der Waals surface area contributed by atoms with Crippen molar-refractivity contribution in [2.45, 2.75) is 6.92 Å². The Morgan fingerprint density at radius 1 is 1.47 bits per heavy atom. The maximum atomic E-state index is 11.2. The van der Waals surface area contributed by atoms with Gasteiger partial charge in [0.1, 0.15) is 5.88 Å². The van der Waals surface area contributed by atoms with E-state index in [9.17, 15) is 14.4 Å². The summed E-state index contributed by atoms with van der Waals surface area (Å²) in [6, 6.07) is 0. The van der Waals surface area contributed by atoms with Crippen molar-refractivity contribution >= 4 is 45.9 Å². The van der Waals surface area contributed by atoms with E-state index in [-0.39, 0.29) is 23.5 Å². The van der Waals surface area contributed by atoms with Crippen molar-refractivity contribution in [1.82, 2.24) is 10.5 Å². The lowest BCUT2D eigenvalue weighted by Gasteiger charge is -2.02. The molecule has 2 amide bonds. The maximum absolute atomic E-state index is 11.2. The Labute approximate surface area is 117 Å². The van der Waals surface area contributed by atoms with Crippen LogP contribution in [0.5, 0.6) is 5.88 Å². The quantitative estimate of drug-likeness (QED) is 0.350. The molecule has 0 aliphatic heterocycles. The molecule has 0 saturated heterocycles. The Balaban J connectivity index is 2.51. The first-order valence-electron chi connectivity index (χ1n) is 5.02. The van der Waals surface area contributed by atoms with E-state index in [1.807, 2.05) is 5.48 Å². The third-order valence-corrected chi connectivity index (χ3v) is 2.52. The van der Waals surface area contributed by atoms with Gasteiger partial charge in [-0.2, -0.15) is 4.98 Å². The van der Waals surface area contributed by atoms with Crippen molar-refractivity contribution in [3.63, 3.8) is 0 Å². The first-order chi connectivity index (χ1) is 9.06. The average molecular weight is 308 g/mol. The molecule has 0 aliphatic carbocycles. The molecular formula is C9H10ClN3O5S. The van der Waals surface area contributed by atoms with Gasteiger partial charge in [-0.15, -0.1) is 22.9 Å². The lowest BCUT2D eigenvalue weighted by atomic mass is 10.6. The number of carbonyl (C=O) groups is 3. The molecule has 0 aromatic carbocycles. The van der Waals surface area contributed by atoms with Crippen LogP contribution < -0.4 is 15.5 Å². The van der Waals surface area contributed by atoms with E-state index >= 15 is 0 Å². The molecule has 0 spiro atoms. The molecule has 1 aromatic rings. The lowest BCUT2D eigenvalue weighted by Crippen LogP contribution is -2.34. The topological polar surface area (TPSA) is 107 Å². The van der Waals surface area contributed by atoms with Crippen LogP contribution in [-0.2, 0) is 19.2 Å². The minimum atomic E-state index is -1.17. The molecule has 0 unspecified atom stereocenters. The number of hydrogen-bond acceptors (Lipinski definition) is 7. The number of aromatic nitrogens is 1. The van der Waals surface area contributed by atoms with Crippen molar-refractivity contribution in [3.8, 4) is 5.88 Å². The Kier molecular flexibility index (Phi) is 6.19. The van der Waals surface area contributed by atoms with E-state index in [1.165, 1.54) is 5.38 Å². The number of anilines is 1. The molecular weight excluding hydrogens is 298 g/mol. The van der Waals surface area contributed by atoms with Gasteiger partial charge < -0.3 is 10.1 Å². The van der Waals surface area contributed by atoms with Crippen LogP contribution in [0.2, 0.25) is 0 Å². The van der Waals surface area contributed by atoms with Crippen molar-refractivity contribution in [2.75, 3.05) is 17.8 Å². The molecule has 8 nitrogen and oxygen atoms in total. The van der Waals surface area contributed by atoms with E-state index in [0.717, 1.165) is 11.3 Å². The molecule has 104 valence electrons. The summed E-state index contributed by atoms with van der Waals surface area (Å²) in [5.41, 5.74) is 1.88. The fourth-order valence-electron chi connectivity index (χ4n) is 0.837. The minimum absolute atomic E-state index is 0.105. The van der Waals surface area contributed by atoms with Crippen LogP contribution in [-0.4, -0.2) is 35.3 Å². The summed E-state index contributed by atoms with van der Waals surface area (Å²) < 4.78 is 4.65. The van der Waals surface area contributed by atoms with Gasteiger partial charge in [-0.1, -0.05) is 0 Å². The third kappa shape index (κ3) is 5.20. The molecule has 1 heterocycles. The van der Waals surface area contributed by atoms with Crippen LogP contribution >= 0.6 is 22.9 Å². The van der Waals surface area contributed by atoms with E-state index in [0.29, 0.717) is 0 Å². The highest BCUT2D eigenvalue weighted by molar-refractivity contribution is 7.14. The van der Waals surface area contributed by atoms with Gasteiger partial charge in [0.2, 0.25) is 11.8 Å². The Hall–Kier alpha value is -1.71. The number of nitrogens with one attached hydrogen (secondary N) is 2. The highest BCUT2D eigenvalue weighted by atomic mass is 35.5. The summed E-state index contributed by atoms with van der Waals surface area (Å²) >= 11 is 6.32. The Morgan fingerprint density at radius 2 is 2.21 bits per heavy atom. The predicted octanol–water partition coefficient (Wildman–Crippen LogP) is 0.293. The van der Waals surface area contributed by atoms with E-state index in [4.69, 9.17) is 11.6 Å². The van der Waals surface area contributed by atoms with Crippen LogP contribution in [0.1, 0.15) is 6.92 Å². The van der Waals surface area contributed by atoms with Crippen LogP contribution in [0.3, 0.4) is 0 Å². The van der Waals surface area contributed by atoms with Gasteiger partial charge in [0.05, 0.1) is 12.0 Å². The molecule has 0 saturated carbocycles. The molecule has 0 bridgehead atoms. The molecule has 10 heteroatoms. The summed E-state index contributed by atoms with van der Waals surface area (Å²) in [6.07, 6.45) is 0. The zero-order chi connectivity index (χ0) is 14.3. The van der Waals surface area contributed by atoms with Gasteiger partial charge in [-0.25, -0.2) is 10.3 Å². The molecule has 1 rings (SSSR count). The molecule has 19 heavy (non-hydrogen) atoms. The number of thiazole rings is 1. The van der Waals surface area contributed by atoms with Crippen molar-refractivity contribution in [1.29, 1.82) is 0 Å². The number of carbonyl (C=O) groups excluding carboxylic acids is 3. The van der Waals surface area contributed by atoms with Gasteiger partial charge in [0.25, 0.3) is 0 Å². The van der Waals surface area contributed by atoms with Gasteiger partial charge in [-0.05, 0) is 6.92 Å². The predicted molar refractivity (Wildman–Crippen MR) is 66.9 cm³/mol. The summed E-state index contributed by atoms with van der Waals surface area (Å²) in [7, 11) is 0. The number of rotatable bonds is 5. The summed E-state index contributed by atoms with van der Waals surface area (Å²) in [6.45, 7) is 1.85. The smallest absolute Gasteiger partial charge is 0.399 e. The molecule has 0 atom stereocenters. The number of esters is 1. The largest absolute Gasteiger partial charge is 0.405 e. The average Bonchev–Trinajstić information content (AvgIpc) is 2.82. The van der Waals surface area contributed by atoms with E-state index < -0.39 is 17.8 Å². The van der Waals surface area contributed by atoms with Crippen LogP contribution in [0, 0.1) is 0 Å². The first-order valence-corrected chi connectivity index (χ1v) is 6.43. The number of alkyl halides is 1. The molecule has 0 fully saturated rings. The van der Waals surface area contributed by atoms with Gasteiger partial charge in [-0.3, -0.25) is 14.4 Å². The zero-order valence-corrected chi connectivity index (χ0v) is 11.3. The molecule has 0 aliphatic rings. The van der Waals surface area contributed by atoms with Crippen LogP contribution in [0.25, 0.3) is 0 Å². The highest BCUT2D eigenvalue weighted by Gasteiger charge is 2.18. The number of hydrogen-bond donors (Lipinski definition) is 2. The second-order valence-electron chi connectivity index (χ2n) is 2.93. The van der Waals surface area contributed by atoms with Crippen molar-refractivity contribution in [2.24, 2.45) is 0 Å². The number of halogens is 1. The monoisotopic (exact) mass is 307 g/mol. The fourth-order valence-corrected chi connectivity index (χ4v) is 1.53. The Morgan fingerprint density at radius 3 is 2.84 bits per heavy atom. The minimum Gasteiger partial charge on any atom is -0.399 e. The lowest BCUT2D eigenvalue weighted by molar-refractivity contribution is -0.154. The van der Waals surface area contributed by atoms with Crippen LogP contribution in [0.15, 0.2) is 5.38 Å². The summed E-state index contributed by atoms with van der Waals surface area (Å²) in [5, 5.41) is 3.93. The van der Waals surface area contributed by atoms with Gasteiger partial charge >= 0.3 is 11.9 Å². The number of nitrogens with zero attached hydrogens (tertiary/aromatic N) is 1. The van der Waals surface area contributed by atoms with Gasteiger partial charge in [0.15, 0.2) is 5.13 Å². The SMILES string of the molecule is CCONC(=O)C(=O)Oc1csc(NC(=O)CCl)n1. The normalized spacial score (nSPS) is 9.79. The van der Waals surface area contributed by atoms with Crippen molar-refractivity contribution in [3.05, 3.63) is 5.38 Å². The van der Waals surface area contributed by atoms with Gasteiger partial charge in [0, 0.05) is 0 Å². The van der Waals surface area contributed by atoms with E-state index in [1.54, 1.807) is 6.92 Å². The molecule has 2 N–H and O–H groups in total. The van der Waals surface area contributed by atoms with E-state index in [2.05, 4.69) is 19.9 Å². The zero-order valence-electron chi connectivity index (χ0n) is 9.77. The first kappa shape index (κ1) is 15.3. The third-order valence-electron chi connectivity index (χ3n) is 1.54. The van der Waals surface area contributed by atoms with Crippen molar-refractivity contribution < 1.29 is 24.0 Å². The molecule has 1 aromatic heterocycles. The number of hydroxylamine groups is 1.